The molecule has 1 amide bonds. The molecule has 0 saturated heterocycles. The average Bonchev–Trinajstić information content (AvgIpc) is 3.16. The van der Waals surface area contributed by atoms with E-state index in [0.29, 0.717) is 22.9 Å². The molecule has 0 fully saturated rings. The Kier molecular flexibility index (Phi) is 5.95. The molecule has 27 heavy (non-hydrogen) atoms. The molecule has 0 spiro atoms. The van der Waals surface area contributed by atoms with Crippen molar-refractivity contribution in [1.29, 1.82) is 5.26 Å². The molecule has 0 radical (unpaired) electrons. The summed E-state index contributed by atoms with van der Waals surface area (Å²) < 4.78 is 10.6. The zero-order valence-corrected chi connectivity index (χ0v) is 15.1. The number of ether oxygens (including phenoxy) is 2. The van der Waals surface area contributed by atoms with Gasteiger partial charge in [-0.15, -0.1) is 0 Å². The third kappa shape index (κ3) is 4.79. The van der Waals surface area contributed by atoms with Gasteiger partial charge in [-0.05, 0) is 42.7 Å². The van der Waals surface area contributed by atoms with E-state index in [1.54, 1.807) is 18.2 Å². The Morgan fingerprint density at radius 2 is 1.89 bits per heavy atom. The predicted molar refractivity (Wildman–Crippen MR) is 104 cm³/mol. The Morgan fingerprint density at radius 3 is 2.63 bits per heavy atom. The van der Waals surface area contributed by atoms with E-state index in [9.17, 15) is 10.1 Å². The number of amides is 1. The highest BCUT2D eigenvalue weighted by atomic mass is 16.7. The molecule has 0 bridgehead atoms. The number of nitrogens with zero attached hydrogens (tertiary/aromatic N) is 1. The van der Waals surface area contributed by atoms with Crippen LogP contribution >= 0.6 is 0 Å². The number of aryl methyl sites for hydroxylation is 1. The van der Waals surface area contributed by atoms with Gasteiger partial charge in [-0.3, -0.25) is 4.79 Å². The molecule has 0 atom stereocenters. The molecule has 0 aromatic heterocycles. The maximum absolute atomic E-state index is 12.3. The fourth-order valence-electron chi connectivity index (χ4n) is 2.62. The van der Waals surface area contributed by atoms with Crippen molar-refractivity contribution >= 4 is 17.3 Å². The molecule has 0 saturated carbocycles. The second-order valence-electron chi connectivity index (χ2n) is 6.14. The van der Waals surface area contributed by atoms with E-state index < -0.39 is 5.91 Å². The smallest absolute Gasteiger partial charge is 0.267 e. The number of carbonyl (C=O) groups excluding carboxylic acids is 1. The average molecular weight is 363 g/mol. The van der Waals surface area contributed by atoms with Gasteiger partial charge in [0.25, 0.3) is 5.91 Å². The van der Waals surface area contributed by atoms with Crippen molar-refractivity contribution in [2.24, 2.45) is 0 Å². The number of anilines is 2. The van der Waals surface area contributed by atoms with Gasteiger partial charge in [-0.25, -0.2) is 0 Å². The van der Waals surface area contributed by atoms with Gasteiger partial charge in [0.15, 0.2) is 11.5 Å². The number of nitriles is 1. The molecule has 0 unspecified atom stereocenters. The molecule has 6 nitrogen and oxygen atoms in total. The number of benzene rings is 2. The van der Waals surface area contributed by atoms with Gasteiger partial charge in [0, 0.05) is 23.6 Å². The van der Waals surface area contributed by atoms with Gasteiger partial charge in [0.2, 0.25) is 6.79 Å². The van der Waals surface area contributed by atoms with Gasteiger partial charge < -0.3 is 20.1 Å². The number of hydrogen-bond donors (Lipinski definition) is 2. The van der Waals surface area contributed by atoms with Gasteiger partial charge in [-0.2, -0.15) is 5.26 Å². The minimum absolute atomic E-state index is 0.0253. The van der Waals surface area contributed by atoms with Gasteiger partial charge in [-0.1, -0.05) is 25.5 Å². The lowest BCUT2D eigenvalue weighted by atomic mass is 10.1. The van der Waals surface area contributed by atoms with Crippen molar-refractivity contribution in [3.05, 3.63) is 59.8 Å². The first-order chi connectivity index (χ1) is 13.2. The van der Waals surface area contributed by atoms with Crippen molar-refractivity contribution in [2.45, 2.75) is 26.2 Å². The predicted octanol–water partition coefficient (Wildman–Crippen LogP) is 4.22. The lowest BCUT2D eigenvalue weighted by Crippen LogP contribution is -2.14. The summed E-state index contributed by atoms with van der Waals surface area (Å²) in [5.74, 6) is 0.830. The standard InChI is InChI=1S/C21H21N3O3/c1-2-3-4-15-5-7-17(8-6-15)24-21(25)16(12-22)13-23-18-9-10-19-20(11-18)27-14-26-19/h5-11,13,23H,2-4,14H2,1H3,(H,24,25)/b16-13-. The molecule has 6 heteroatoms. The van der Waals surface area contributed by atoms with Crippen LogP contribution in [0.1, 0.15) is 25.3 Å². The van der Waals surface area contributed by atoms with Gasteiger partial charge in [0.05, 0.1) is 0 Å². The molecule has 2 aromatic carbocycles. The maximum atomic E-state index is 12.3. The van der Waals surface area contributed by atoms with Crippen LogP contribution in [0.2, 0.25) is 0 Å². The van der Waals surface area contributed by atoms with Crippen molar-refractivity contribution in [2.75, 3.05) is 17.4 Å². The van der Waals surface area contributed by atoms with E-state index in [4.69, 9.17) is 9.47 Å². The Bertz CT molecular complexity index is 883. The lowest BCUT2D eigenvalue weighted by molar-refractivity contribution is -0.112. The molecule has 2 aromatic rings. The van der Waals surface area contributed by atoms with Crippen LogP contribution in [0.3, 0.4) is 0 Å². The second kappa shape index (κ2) is 8.77. The molecule has 1 aliphatic rings. The molecule has 2 N–H and O–H groups in total. The Balaban J connectivity index is 1.61. The minimum Gasteiger partial charge on any atom is -0.454 e. The fraction of sp³-hybridized carbons (Fsp3) is 0.238. The summed E-state index contributed by atoms with van der Waals surface area (Å²) in [5.41, 5.74) is 2.56. The van der Waals surface area contributed by atoms with Gasteiger partial charge >= 0.3 is 0 Å². The number of hydrogen-bond acceptors (Lipinski definition) is 5. The zero-order chi connectivity index (χ0) is 19.1. The summed E-state index contributed by atoms with van der Waals surface area (Å²) in [4.78, 5) is 12.3. The molecule has 0 aliphatic carbocycles. The van der Waals surface area contributed by atoms with E-state index >= 15 is 0 Å². The van der Waals surface area contributed by atoms with Crippen molar-refractivity contribution in [1.82, 2.24) is 0 Å². The monoisotopic (exact) mass is 363 g/mol. The number of unbranched alkanes of at least 4 members (excludes halogenated alkanes) is 1. The van der Waals surface area contributed by atoms with E-state index in [2.05, 4.69) is 17.6 Å². The van der Waals surface area contributed by atoms with Crippen LogP contribution < -0.4 is 20.1 Å². The van der Waals surface area contributed by atoms with E-state index in [1.807, 2.05) is 30.3 Å². The summed E-state index contributed by atoms with van der Waals surface area (Å²) in [7, 11) is 0. The molecular weight excluding hydrogens is 342 g/mol. The van der Waals surface area contributed by atoms with Crippen LogP contribution in [0.25, 0.3) is 0 Å². The molecule has 1 aliphatic heterocycles. The first-order valence-corrected chi connectivity index (χ1v) is 8.86. The zero-order valence-electron chi connectivity index (χ0n) is 15.1. The topological polar surface area (TPSA) is 83.4 Å². The number of nitrogens with one attached hydrogen (secondary N) is 2. The summed E-state index contributed by atoms with van der Waals surface area (Å²) >= 11 is 0. The number of fused-ring (bicyclic) bond motifs is 1. The summed E-state index contributed by atoms with van der Waals surface area (Å²) in [6.07, 6.45) is 4.68. The number of carbonyl (C=O) groups is 1. The molecular formula is C21H21N3O3. The molecule has 3 rings (SSSR count). The van der Waals surface area contributed by atoms with Crippen molar-refractivity contribution in [3.8, 4) is 17.6 Å². The van der Waals surface area contributed by atoms with Crippen molar-refractivity contribution in [3.63, 3.8) is 0 Å². The lowest BCUT2D eigenvalue weighted by Gasteiger charge is -2.07. The van der Waals surface area contributed by atoms with E-state index in [-0.39, 0.29) is 12.4 Å². The van der Waals surface area contributed by atoms with Crippen LogP contribution in [-0.4, -0.2) is 12.7 Å². The Morgan fingerprint density at radius 1 is 1.15 bits per heavy atom. The van der Waals surface area contributed by atoms with E-state index in [0.717, 1.165) is 19.3 Å². The minimum atomic E-state index is -0.466. The first kappa shape index (κ1) is 18.3. The van der Waals surface area contributed by atoms with Crippen molar-refractivity contribution < 1.29 is 14.3 Å². The van der Waals surface area contributed by atoms with Crippen LogP contribution in [0, 0.1) is 11.3 Å². The summed E-state index contributed by atoms with van der Waals surface area (Å²) in [5, 5.41) is 15.0. The van der Waals surface area contributed by atoms with Crippen LogP contribution in [0.15, 0.2) is 54.2 Å². The third-order valence-electron chi connectivity index (χ3n) is 4.15. The van der Waals surface area contributed by atoms with Crippen LogP contribution in [0.5, 0.6) is 11.5 Å². The van der Waals surface area contributed by atoms with E-state index in [1.165, 1.54) is 11.8 Å². The fourth-order valence-corrected chi connectivity index (χ4v) is 2.62. The first-order valence-electron chi connectivity index (χ1n) is 8.86. The Hall–Kier alpha value is -3.46. The van der Waals surface area contributed by atoms with Gasteiger partial charge in [0.1, 0.15) is 11.6 Å². The highest BCUT2D eigenvalue weighted by molar-refractivity contribution is 6.06. The largest absolute Gasteiger partial charge is 0.454 e. The quantitative estimate of drug-likeness (QED) is 0.568. The Labute approximate surface area is 158 Å². The highest BCUT2D eigenvalue weighted by Gasteiger charge is 2.13. The summed E-state index contributed by atoms with van der Waals surface area (Å²) in [6.45, 7) is 2.35. The second-order valence-corrected chi connectivity index (χ2v) is 6.14. The molecule has 138 valence electrons. The third-order valence-corrected chi connectivity index (χ3v) is 4.15. The van der Waals surface area contributed by atoms with Crippen LogP contribution in [0.4, 0.5) is 11.4 Å². The van der Waals surface area contributed by atoms with Crippen LogP contribution in [-0.2, 0) is 11.2 Å². The number of rotatable bonds is 7. The summed E-state index contributed by atoms with van der Waals surface area (Å²) in [6, 6.07) is 14.9. The SMILES string of the molecule is CCCCc1ccc(NC(=O)/C(C#N)=C\Nc2ccc3c(c2)OCO3)cc1. The maximum Gasteiger partial charge on any atom is 0.267 e. The highest BCUT2D eigenvalue weighted by Crippen LogP contribution is 2.34. The normalized spacial score (nSPS) is 12.4. The molecule has 1 heterocycles.